The molecule has 14 heavy (non-hydrogen) atoms. The maximum atomic E-state index is 8.52. The number of hydrogen-bond acceptors (Lipinski definition) is 4. The minimum absolute atomic E-state index is 0.189. The average Bonchev–Trinajstić information content (AvgIpc) is 2.76. The van der Waals surface area contributed by atoms with Crippen molar-refractivity contribution in [3.8, 4) is 6.07 Å². The van der Waals surface area contributed by atoms with Crippen molar-refractivity contribution in [2.75, 3.05) is 0 Å². The first-order valence-electron chi connectivity index (χ1n) is 4.05. The molecule has 70 valence electrons. The molecule has 2 heterocycles. The van der Waals surface area contributed by atoms with Crippen LogP contribution < -0.4 is 0 Å². The van der Waals surface area contributed by atoms with E-state index >= 15 is 0 Å². The molecule has 0 spiro atoms. The maximum absolute atomic E-state index is 8.52. The molecule has 0 saturated carbocycles. The topological polar surface area (TPSA) is 72.3 Å². The lowest BCUT2D eigenvalue weighted by atomic mass is 10.4. The smallest absolute Gasteiger partial charge is 0.252 e. The van der Waals surface area contributed by atoms with E-state index in [4.69, 9.17) is 5.26 Å². The predicted octanol–water partition coefficient (Wildman–Crippen LogP) is -0.0684. The van der Waals surface area contributed by atoms with Crippen LogP contribution in [0.4, 0.5) is 0 Å². The van der Waals surface area contributed by atoms with Gasteiger partial charge < -0.3 is 0 Å². The van der Waals surface area contributed by atoms with Gasteiger partial charge >= 0.3 is 0 Å². The molecular formula is C8H8N6. The molecule has 0 bridgehead atoms. The minimum Gasteiger partial charge on any atom is -0.275 e. The Morgan fingerprint density at radius 1 is 1.57 bits per heavy atom. The Kier molecular flexibility index (Phi) is 1.99. The fourth-order valence-corrected chi connectivity index (χ4v) is 1.16. The first-order chi connectivity index (χ1) is 6.78. The summed E-state index contributed by atoms with van der Waals surface area (Å²) >= 11 is 0. The Bertz CT molecular complexity index is 474. The summed E-state index contributed by atoms with van der Waals surface area (Å²) < 4.78 is 3.33. The third-order valence-corrected chi connectivity index (χ3v) is 1.74. The van der Waals surface area contributed by atoms with Gasteiger partial charge in [0.15, 0.2) is 0 Å². The molecule has 2 aromatic heterocycles. The molecule has 0 amide bonds. The zero-order chi connectivity index (χ0) is 9.97. The molecule has 0 aliphatic rings. The highest BCUT2D eigenvalue weighted by Gasteiger charge is 2.01. The molecule has 0 aliphatic heterocycles. The van der Waals surface area contributed by atoms with Crippen LogP contribution in [0.1, 0.15) is 11.4 Å². The summed E-state index contributed by atoms with van der Waals surface area (Å²) in [5.74, 6) is 0.189. The zero-order valence-electron chi connectivity index (χ0n) is 7.62. The molecule has 2 aromatic rings. The Labute approximate surface area is 80.4 Å². The van der Waals surface area contributed by atoms with Crippen LogP contribution in [0.5, 0.6) is 0 Å². The maximum Gasteiger partial charge on any atom is 0.252 e. The second-order valence-electron chi connectivity index (χ2n) is 2.90. The number of nitriles is 1. The van der Waals surface area contributed by atoms with E-state index in [1.807, 2.05) is 19.3 Å². The first-order valence-corrected chi connectivity index (χ1v) is 4.05. The van der Waals surface area contributed by atoms with Gasteiger partial charge in [-0.05, 0) is 0 Å². The van der Waals surface area contributed by atoms with Crippen LogP contribution in [0.25, 0.3) is 0 Å². The van der Waals surface area contributed by atoms with E-state index in [0.717, 1.165) is 5.56 Å². The molecule has 0 N–H and O–H groups in total. The largest absolute Gasteiger partial charge is 0.275 e. The number of rotatable bonds is 2. The van der Waals surface area contributed by atoms with Crippen molar-refractivity contribution in [2.24, 2.45) is 7.05 Å². The molecule has 0 fully saturated rings. The van der Waals surface area contributed by atoms with Crippen LogP contribution in [0.3, 0.4) is 0 Å². The number of nitrogens with zero attached hydrogens (tertiary/aromatic N) is 6. The van der Waals surface area contributed by atoms with Gasteiger partial charge in [0.25, 0.3) is 5.82 Å². The Morgan fingerprint density at radius 2 is 2.43 bits per heavy atom. The fourth-order valence-electron chi connectivity index (χ4n) is 1.16. The van der Waals surface area contributed by atoms with Crippen molar-refractivity contribution in [3.05, 3.63) is 30.1 Å². The SMILES string of the molecule is Cn1cc(Cn2cnc(C#N)n2)cn1. The minimum atomic E-state index is 0.189. The van der Waals surface area contributed by atoms with Crippen LogP contribution >= 0.6 is 0 Å². The second kappa shape index (κ2) is 3.30. The zero-order valence-corrected chi connectivity index (χ0v) is 7.62. The number of hydrogen-bond donors (Lipinski definition) is 0. The van der Waals surface area contributed by atoms with Gasteiger partial charge in [-0.15, -0.1) is 5.10 Å². The van der Waals surface area contributed by atoms with Gasteiger partial charge in [-0.1, -0.05) is 0 Å². The summed E-state index contributed by atoms with van der Waals surface area (Å²) in [6.45, 7) is 0.586. The monoisotopic (exact) mass is 188 g/mol. The Morgan fingerprint density at radius 3 is 3.00 bits per heavy atom. The van der Waals surface area contributed by atoms with E-state index in [9.17, 15) is 0 Å². The first kappa shape index (κ1) is 8.44. The standard InChI is InChI=1S/C8H8N6/c1-13-4-7(3-11-13)5-14-6-10-8(2-9)12-14/h3-4,6H,5H2,1H3. The van der Waals surface area contributed by atoms with Crippen LogP contribution in [-0.4, -0.2) is 24.5 Å². The van der Waals surface area contributed by atoms with E-state index in [2.05, 4.69) is 15.2 Å². The average molecular weight is 188 g/mol. The summed E-state index contributed by atoms with van der Waals surface area (Å²) in [4.78, 5) is 3.80. The molecule has 0 aliphatic carbocycles. The van der Waals surface area contributed by atoms with Gasteiger partial charge in [-0.2, -0.15) is 10.4 Å². The van der Waals surface area contributed by atoms with Crippen molar-refractivity contribution in [3.63, 3.8) is 0 Å². The van der Waals surface area contributed by atoms with Crippen molar-refractivity contribution in [2.45, 2.75) is 6.54 Å². The molecule has 0 unspecified atom stereocenters. The van der Waals surface area contributed by atoms with Gasteiger partial charge in [0.1, 0.15) is 12.4 Å². The highest BCUT2D eigenvalue weighted by atomic mass is 15.3. The highest BCUT2D eigenvalue weighted by Crippen LogP contribution is 1.99. The Balaban J connectivity index is 2.15. The Hall–Kier alpha value is -2.16. The molecule has 6 nitrogen and oxygen atoms in total. The lowest BCUT2D eigenvalue weighted by Gasteiger charge is -1.94. The van der Waals surface area contributed by atoms with E-state index in [0.29, 0.717) is 6.54 Å². The van der Waals surface area contributed by atoms with Crippen molar-refractivity contribution < 1.29 is 0 Å². The molecule has 2 rings (SSSR count). The van der Waals surface area contributed by atoms with Crippen molar-refractivity contribution in [1.29, 1.82) is 5.26 Å². The lowest BCUT2D eigenvalue weighted by molar-refractivity contribution is 0.681. The third-order valence-electron chi connectivity index (χ3n) is 1.74. The number of aromatic nitrogens is 5. The second-order valence-corrected chi connectivity index (χ2v) is 2.90. The normalized spacial score (nSPS) is 10.0. The lowest BCUT2D eigenvalue weighted by Crippen LogP contribution is -1.99. The summed E-state index contributed by atoms with van der Waals surface area (Å²) in [6.07, 6.45) is 5.19. The van der Waals surface area contributed by atoms with Gasteiger partial charge in [0.05, 0.1) is 12.7 Å². The van der Waals surface area contributed by atoms with Crippen LogP contribution in [0.15, 0.2) is 18.7 Å². The van der Waals surface area contributed by atoms with Crippen molar-refractivity contribution >= 4 is 0 Å². The van der Waals surface area contributed by atoms with Gasteiger partial charge in [-0.3, -0.25) is 4.68 Å². The molecule has 6 heteroatoms. The molecule has 0 saturated heterocycles. The van der Waals surface area contributed by atoms with E-state index in [-0.39, 0.29) is 5.82 Å². The van der Waals surface area contributed by atoms with Crippen LogP contribution in [0.2, 0.25) is 0 Å². The molecular weight excluding hydrogens is 180 g/mol. The van der Waals surface area contributed by atoms with Gasteiger partial charge in [0, 0.05) is 18.8 Å². The highest BCUT2D eigenvalue weighted by molar-refractivity contribution is 5.07. The summed E-state index contributed by atoms with van der Waals surface area (Å²) in [5, 5.41) is 16.5. The van der Waals surface area contributed by atoms with E-state index in [1.54, 1.807) is 15.6 Å². The summed E-state index contributed by atoms with van der Waals surface area (Å²) in [6, 6.07) is 1.87. The van der Waals surface area contributed by atoms with Crippen molar-refractivity contribution in [1.82, 2.24) is 24.5 Å². The van der Waals surface area contributed by atoms with Crippen LogP contribution in [0, 0.1) is 11.3 Å². The van der Waals surface area contributed by atoms with E-state index in [1.165, 1.54) is 6.33 Å². The fraction of sp³-hybridized carbons (Fsp3) is 0.250. The van der Waals surface area contributed by atoms with Gasteiger partial charge in [-0.25, -0.2) is 9.67 Å². The molecule has 0 aromatic carbocycles. The summed E-state index contributed by atoms with van der Waals surface area (Å²) in [7, 11) is 1.85. The van der Waals surface area contributed by atoms with Gasteiger partial charge in [0.2, 0.25) is 0 Å². The van der Waals surface area contributed by atoms with Crippen LogP contribution in [-0.2, 0) is 13.6 Å². The number of aryl methyl sites for hydroxylation is 1. The molecule has 0 atom stereocenters. The summed E-state index contributed by atoms with van der Waals surface area (Å²) in [5.41, 5.74) is 1.03. The molecule has 0 radical (unpaired) electrons. The third kappa shape index (κ3) is 1.61. The predicted molar refractivity (Wildman–Crippen MR) is 47.0 cm³/mol. The quantitative estimate of drug-likeness (QED) is 0.661. The van der Waals surface area contributed by atoms with E-state index < -0.39 is 0 Å².